The fraction of sp³-hybridized carbons (Fsp3) is 0.261. The number of nitrogens with zero attached hydrogens (tertiary/aromatic N) is 4. The van der Waals surface area contributed by atoms with Crippen molar-refractivity contribution in [2.45, 2.75) is 25.1 Å². The Bertz CT molecular complexity index is 1320. The van der Waals surface area contributed by atoms with Gasteiger partial charge in [-0.05, 0) is 30.2 Å². The maximum absolute atomic E-state index is 13.1. The van der Waals surface area contributed by atoms with E-state index in [4.69, 9.17) is 16.3 Å². The minimum Gasteiger partial charge on any atom is -0.493 e. The number of aliphatic hydroxyl groups is 1. The fourth-order valence-electron chi connectivity index (χ4n) is 3.87. The number of rotatable bonds is 5. The van der Waals surface area contributed by atoms with E-state index in [0.717, 1.165) is 12.3 Å². The third-order valence-corrected chi connectivity index (χ3v) is 5.94. The minimum absolute atomic E-state index is 0.139. The number of benzene rings is 1. The molecule has 0 saturated heterocycles. The number of methoxy groups -OCH3 is 1. The van der Waals surface area contributed by atoms with Crippen molar-refractivity contribution >= 4 is 22.5 Å². The van der Waals surface area contributed by atoms with Crippen LogP contribution in [0.15, 0.2) is 49.1 Å². The molecule has 0 aliphatic heterocycles. The number of pyridine rings is 2. The summed E-state index contributed by atoms with van der Waals surface area (Å²) in [6.07, 6.45) is -0.0390. The molecule has 0 radical (unpaired) electrons. The Balaban J connectivity index is 1.97. The van der Waals surface area contributed by atoms with Crippen molar-refractivity contribution < 1.29 is 23.0 Å². The number of aryl methyl sites for hydroxylation is 2. The highest BCUT2D eigenvalue weighted by atomic mass is 35.5. The number of fused-ring (bicyclic) bond motifs is 1. The summed E-state index contributed by atoms with van der Waals surface area (Å²) in [6.45, 7) is 1.93. The zero-order valence-electron chi connectivity index (χ0n) is 18.0. The molecule has 0 aliphatic carbocycles. The lowest BCUT2D eigenvalue weighted by atomic mass is 9.83. The number of alkyl halides is 3. The lowest BCUT2D eigenvalue weighted by Gasteiger charge is -2.30. The molecule has 0 fully saturated rings. The van der Waals surface area contributed by atoms with Crippen LogP contribution in [-0.2, 0) is 25.2 Å². The first-order chi connectivity index (χ1) is 15.6. The molecule has 1 aromatic carbocycles. The van der Waals surface area contributed by atoms with E-state index in [9.17, 15) is 18.3 Å². The minimum atomic E-state index is -4.60. The van der Waals surface area contributed by atoms with Gasteiger partial charge in [0.05, 0.1) is 41.6 Å². The first-order valence-electron chi connectivity index (χ1n) is 10.0. The Kier molecular flexibility index (Phi) is 5.79. The molecule has 1 N–H and O–H groups in total. The fourth-order valence-corrected chi connectivity index (χ4v) is 4.21. The summed E-state index contributed by atoms with van der Waals surface area (Å²) in [4.78, 5) is 12.2. The van der Waals surface area contributed by atoms with Crippen LogP contribution < -0.4 is 4.74 Å². The molecule has 10 heteroatoms. The molecule has 0 amide bonds. The zero-order valence-corrected chi connectivity index (χ0v) is 18.7. The highest BCUT2D eigenvalue weighted by Crippen LogP contribution is 2.41. The predicted molar refractivity (Wildman–Crippen MR) is 117 cm³/mol. The molecule has 4 rings (SSSR count). The molecule has 0 aliphatic rings. The molecule has 0 saturated carbocycles. The molecule has 1 atom stereocenters. The van der Waals surface area contributed by atoms with Gasteiger partial charge < -0.3 is 14.4 Å². The molecule has 3 aromatic heterocycles. The van der Waals surface area contributed by atoms with Crippen LogP contribution in [0, 0.1) is 0 Å². The van der Waals surface area contributed by atoms with Crippen molar-refractivity contribution in [3.8, 4) is 5.75 Å². The van der Waals surface area contributed by atoms with Crippen molar-refractivity contribution in [2.24, 2.45) is 7.05 Å². The first kappa shape index (κ1) is 23.0. The summed E-state index contributed by atoms with van der Waals surface area (Å²) < 4.78 is 46.2. The summed E-state index contributed by atoms with van der Waals surface area (Å²) in [7, 11) is 3.18. The van der Waals surface area contributed by atoms with Crippen molar-refractivity contribution in [2.75, 3.05) is 7.11 Å². The molecule has 172 valence electrons. The molecule has 3 heterocycles. The van der Waals surface area contributed by atoms with Gasteiger partial charge >= 0.3 is 6.18 Å². The summed E-state index contributed by atoms with van der Waals surface area (Å²) in [5, 5.41) is 12.9. The molecule has 4 aromatic rings. The van der Waals surface area contributed by atoms with E-state index in [1.165, 1.54) is 25.7 Å². The molecular formula is C23H20ClF3N4O2. The number of imidazole rings is 1. The van der Waals surface area contributed by atoms with Gasteiger partial charge in [0.1, 0.15) is 5.69 Å². The highest BCUT2D eigenvalue weighted by molar-refractivity contribution is 6.37. The van der Waals surface area contributed by atoms with Gasteiger partial charge in [-0.2, -0.15) is 13.2 Å². The zero-order chi connectivity index (χ0) is 24.0. The van der Waals surface area contributed by atoms with E-state index in [1.54, 1.807) is 29.8 Å². The van der Waals surface area contributed by atoms with Crippen molar-refractivity contribution in [3.05, 3.63) is 82.3 Å². The number of halogens is 4. The van der Waals surface area contributed by atoms with Gasteiger partial charge in [0.2, 0.25) is 0 Å². The average Bonchev–Trinajstić information content (AvgIpc) is 3.24. The predicted octanol–water partition coefficient (Wildman–Crippen LogP) is 4.89. The average molecular weight is 477 g/mol. The molecular weight excluding hydrogens is 457 g/mol. The number of ether oxygens (including phenoxy) is 1. The lowest BCUT2D eigenvalue weighted by Crippen LogP contribution is -2.31. The molecule has 0 spiro atoms. The molecule has 33 heavy (non-hydrogen) atoms. The Morgan fingerprint density at radius 2 is 1.85 bits per heavy atom. The third-order valence-electron chi connectivity index (χ3n) is 5.57. The van der Waals surface area contributed by atoms with Crippen LogP contribution in [-0.4, -0.2) is 31.7 Å². The van der Waals surface area contributed by atoms with Crippen molar-refractivity contribution in [1.82, 2.24) is 19.5 Å². The second-order valence-electron chi connectivity index (χ2n) is 7.52. The first-order valence-corrected chi connectivity index (χ1v) is 10.4. The maximum atomic E-state index is 13.1. The van der Waals surface area contributed by atoms with Crippen LogP contribution in [0.3, 0.4) is 0 Å². The van der Waals surface area contributed by atoms with Crippen LogP contribution in [0.1, 0.15) is 35.1 Å². The van der Waals surface area contributed by atoms with Crippen LogP contribution in [0.5, 0.6) is 5.75 Å². The van der Waals surface area contributed by atoms with Crippen molar-refractivity contribution in [1.29, 1.82) is 0 Å². The van der Waals surface area contributed by atoms with Crippen LogP contribution >= 0.6 is 11.6 Å². The summed E-state index contributed by atoms with van der Waals surface area (Å²) in [6, 6.07) is 7.05. The number of hydrogen-bond acceptors (Lipinski definition) is 5. The smallest absolute Gasteiger partial charge is 0.433 e. The Morgan fingerprint density at radius 1 is 1.12 bits per heavy atom. The maximum Gasteiger partial charge on any atom is 0.433 e. The monoisotopic (exact) mass is 476 g/mol. The summed E-state index contributed by atoms with van der Waals surface area (Å²) in [5.74, 6) is 0.434. The van der Waals surface area contributed by atoms with E-state index >= 15 is 0 Å². The van der Waals surface area contributed by atoms with Gasteiger partial charge in [0.25, 0.3) is 0 Å². The third kappa shape index (κ3) is 3.81. The van der Waals surface area contributed by atoms with Crippen molar-refractivity contribution in [3.63, 3.8) is 0 Å². The number of aromatic nitrogens is 4. The Labute approximate surface area is 192 Å². The van der Waals surface area contributed by atoms with E-state index in [2.05, 4.69) is 15.0 Å². The van der Waals surface area contributed by atoms with Crippen LogP contribution in [0.4, 0.5) is 13.2 Å². The largest absolute Gasteiger partial charge is 0.493 e. The Morgan fingerprint density at radius 3 is 2.39 bits per heavy atom. The number of hydrogen-bond donors (Lipinski definition) is 1. The SMILES string of the molecule is CCc1nc2ccc(C(O)(c3ccc(C(F)(F)F)nc3)c3cncn3C)cc2c(Cl)c1OC. The van der Waals surface area contributed by atoms with Gasteiger partial charge in [-0.25, -0.2) is 9.97 Å². The van der Waals surface area contributed by atoms with E-state index in [-0.39, 0.29) is 5.56 Å². The van der Waals surface area contributed by atoms with Gasteiger partial charge in [-0.1, -0.05) is 30.7 Å². The standard InChI is InChI=1S/C23H20ClF3N4O2/c1-4-16-21(33-3)20(24)15-9-13(5-7-17(15)30-16)22(32,19-11-28-12-31(19)2)14-6-8-18(29-10-14)23(25,26)27/h5-12,32H,4H2,1-3H3. The molecule has 0 bridgehead atoms. The van der Waals surface area contributed by atoms with Crippen LogP contribution in [0.2, 0.25) is 5.02 Å². The van der Waals surface area contributed by atoms with Gasteiger partial charge in [-0.3, -0.25) is 4.98 Å². The van der Waals surface area contributed by atoms with Crippen LogP contribution in [0.25, 0.3) is 10.9 Å². The quantitative estimate of drug-likeness (QED) is 0.444. The summed E-state index contributed by atoms with van der Waals surface area (Å²) in [5.41, 5.74) is -0.798. The highest BCUT2D eigenvalue weighted by Gasteiger charge is 2.39. The van der Waals surface area contributed by atoms with E-state index < -0.39 is 17.5 Å². The second-order valence-corrected chi connectivity index (χ2v) is 7.90. The van der Waals surface area contributed by atoms with Gasteiger partial charge in [0.15, 0.2) is 11.4 Å². The molecule has 6 nitrogen and oxygen atoms in total. The van der Waals surface area contributed by atoms with E-state index in [1.807, 2.05) is 6.92 Å². The lowest BCUT2D eigenvalue weighted by molar-refractivity contribution is -0.141. The second kappa shape index (κ2) is 8.31. The molecule has 1 unspecified atom stereocenters. The van der Waals surface area contributed by atoms with Gasteiger partial charge in [-0.15, -0.1) is 0 Å². The van der Waals surface area contributed by atoms with E-state index in [0.29, 0.717) is 45.0 Å². The Hall–Kier alpha value is -3.17. The van der Waals surface area contributed by atoms with Gasteiger partial charge in [0, 0.05) is 24.2 Å². The summed E-state index contributed by atoms with van der Waals surface area (Å²) >= 11 is 6.62. The topological polar surface area (TPSA) is 73.1 Å². The normalized spacial score (nSPS) is 13.8.